The number of nitrogens with one attached hydrogen (secondary N) is 1. The van der Waals surface area contributed by atoms with E-state index in [4.69, 9.17) is 5.11 Å². The first-order valence-electron chi connectivity index (χ1n) is 7.51. The van der Waals surface area contributed by atoms with Crippen molar-refractivity contribution in [1.82, 2.24) is 5.32 Å². The Labute approximate surface area is 147 Å². The molecule has 0 radical (unpaired) electrons. The number of aliphatic hydroxyl groups excluding tert-OH is 2. The number of aliphatic hydroxyl groups is 2. The molecule has 2 aromatic rings. The van der Waals surface area contributed by atoms with E-state index in [1.165, 1.54) is 48.5 Å². The summed E-state index contributed by atoms with van der Waals surface area (Å²) in [6.45, 7) is -0.626. The Bertz CT molecular complexity index is 820. The SMILES string of the molecule is O=C(O)c1ccccc1C(=O)N[C@H](CO)[C@H](O)c1ccc([N+](=O)[O-])cc1. The van der Waals surface area contributed by atoms with Crippen molar-refractivity contribution in [1.29, 1.82) is 0 Å². The van der Waals surface area contributed by atoms with E-state index in [0.29, 0.717) is 0 Å². The number of non-ortho nitro benzene ring substituents is 1. The second kappa shape index (κ2) is 8.19. The Kier molecular flexibility index (Phi) is 5.99. The van der Waals surface area contributed by atoms with Crippen molar-refractivity contribution in [3.63, 3.8) is 0 Å². The minimum absolute atomic E-state index is 0.116. The van der Waals surface area contributed by atoms with Crippen LogP contribution in [0.2, 0.25) is 0 Å². The molecule has 4 N–H and O–H groups in total. The molecule has 9 nitrogen and oxygen atoms in total. The summed E-state index contributed by atoms with van der Waals surface area (Å²) >= 11 is 0. The molecule has 0 saturated heterocycles. The van der Waals surface area contributed by atoms with E-state index in [1.807, 2.05) is 0 Å². The van der Waals surface area contributed by atoms with E-state index in [1.54, 1.807) is 0 Å². The van der Waals surface area contributed by atoms with Crippen LogP contribution in [0.15, 0.2) is 48.5 Å². The molecule has 136 valence electrons. The third-order valence-corrected chi connectivity index (χ3v) is 3.74. The van der Waals surface area contributed by atoms with Gasteiger partial charge in [0.15, 0.2) is 0 Å². The van der Waals surface area contributed by atoms with Crippen LogP contribution in [0.3, 0.4) is 0 Å². The van der Waals surface area contributed by atoms with Gasteiger partial charge in [-0.05, 0) is 29.8 Å². The molecule has 0 saturated carbocycles. The van der Waals surface area contributed by atoms with Crippen molar-refractivity contribution < 1.29 is 29.8 Å². The molecule has 0 unspecified atom stereocenters. The lowest BCUT2D eigenvalue weighted by atomic mass is 10.0. The second-order valence-corrected chi connectivity index (χ2v) is 5.41. The van der Waals surface area contributed by atoms with Crippen LogP contribution >= 0.6 is 0 Å². The van der Waals surface area contributed by atoms with Crippen molar-refractivity contribution >= 4 is 17.6 Å². The fraction of sp³-hybridized carbons (Fsp3) is 0.176. The number of nitrogens with zero attached hydrogens (tertiary/aromatic N) is 1. The quantitative estimate of drug-likeness (QED) is 0.427. The first-order chi connectivity index (χ1) is 12.3. The van der Waals surface area contributed by atoms with Gasteiger partial charge in [0, 0.05) is 12.1 Å². The summed E-state index contributed by atoms with van der Waals surface area (Å²) in [5, 5.41) is 42.0. The molecule has 0 bridgehead atoms. The van der Waals surface area contributed by atoms with Gasteiger partial charge in [-0.15, -0.1) is 0 Å². The third-order valence-electron chi connectivity index (χ3n) is 3.74. The number of aromatic carboxylic acids is 1. The summed E-state index contributed by atoms with van der Waals surface area (Å²) in [6.07, 6.45) is -1.35. The maximum absolute atomic E-state index is 12.3. The fourth-order valence-electron chi connectivity index (χ4n) is 2.36. The maximum atomic E-state index is 12.3. The van der Waals surface area contributed by atoms with Crippen molar-refractivity contribution in [2.45, 2.75) is 12.1 Å². The molecule has 2 atom stereocenters. The monoisotopic (exact) mass is 360 g/mol. The molecule has 2 rings (SSSR count). The summed E-state index contributed by atoms with van der Waals surface area (Å²) < 4.78 is 0. The van der Waals surface area contributed by atoms with E-state index in [-0.39, 0.29) is 22.4 Å². The summed E-state index contributed by atoms with van der Waals surface area (Å²) in [7, 11) is 0. The molecule has 0 aliphatic heterocycles. The van der Waals surface area contributed by atoms with E-state index >= 15 is 0 Å². The van der Waals surface area contributed by atoms with Crippen molar-refractivity contribution in [3.8, 4) is 0 Å². The fourth-order valence-corrected chi connectivity index (χ4v) is 2.36. The number of hydrogen-bond donors (Lipinski definition) is 4. The molecular formula is C17H16N2O7. The summed E-state index contributed by atoms with van der Waals surface area (Å²) in [4.78, 5) is 33.6. The number of carboxylic acid groups (broad SMARTS) is 1. The highest BCUT2D eigenvalue weighted by atomic mass is 16.6. The molecule has 9 heteroatoms. The molecule has 26 heavy (non-hydrogen) atoms. The number of rotatable bonds is 7. The largest absolute Gasteiger partial charge is 0.478 e. The zero-order valence-corrected chi connectivity index (χ0v) is 13.4. The minimum Gasteiger partial charge on any atom is -0.478 e. The standard InChI is InChI=1S/C17H16N2O7/c20-9-14(15(21)10-5-7-11(8-6-10)19(25)26)18-16(22)12-3-1-2-4-13(12)17(23)24/h1-8,14-15,20-21H,9H2,(H,18,22)(H,23,24)/t14-,15-/m1/s1. The molecular weight excluding hydrogens is 344 g/mol. The van der Waals surface area contributed by atoms with Crippen LogP contribution in [0.5, 0.6) is 0 Å². The number of nitro groups is 1. The lowest BCUT2D eigenvalue weighted by Gasteiger charge is -2.23. The topological polar surface area (TPSA) is 150 Å². The maximum Gasteiger partial charge on any atom is 0.336 e. The first kappa shape index (κ1) is 19.0. The summed E-state index contributed by atoms with van der Waals surface area (Å²) in [6, 6.07) is 9.39. The van der Waals surface area contributed by atoms with Crippen molar-refractivity contribution in [2.24, 2.45) is 0 Å². The summed E-state index contributed by atoms with van der Waals surface area (Å²) in [5.41, 5.74) is -0.247. The van der Waals surface area contributed by atoms with Gasteiger partial charge in [-0.25, -0.2) is 4.79 Å². The Hall–Kier alpha value is -3.30. The predicted molar refractivity (Wildman–Crippen MR) is 89.8 cm³/mol. The van der Waals surface area contributed by atoms with Gasteiger partial charge in [0.05, 0.1) is 28.7 Å². The number of benzene rings is 2. The molecule has 2 aromatic carbocycles. The average Bonchev–Trinajstić information content (AvgIpc) is 2.65. The first-order valence-corrected chi connectivity index (χ1v) is 7.51. The van der Waals surface area contributed by atoms with Crippen LogP contribution in [-0.2, 0) is 0 Å². The molecule has 0 heterocycles. The number of carbonyl (C=O) groups is 2. The van der Waals surface area contributed by atoms with Gasteiger partial charge in [-0.3, -0.25) is 14.9 Å². The Morgan fingerprint density at radius 1 is 1.08 bits per heavy atom. The lowest BCUT2D eigenvalue weighted by molar-refractivity contribution is -0.384. The number of nitro benzene ring substituents is 1. The highest BCUT2D eigenvalue weighted by molar-refractivity contribution is 6.04. The van der Waals surface area contributed by atoms with Gasteiger partial charge in [-0.2, -0.15) is 0 Å². The van der Waals surface area contributed by atoms with E-state index < -0.39 is 35.6 Å². The van der Waals surface area contributed by atoms with Gasteiger partial charge in [-0.1, -0.05) is 12.1 Å². The summed E-state index contributed by atoms with van der Waals surface area (Å²) in [5.74, 6) is -2.06. The lowest BCUT2D eigenvalue weighted by Crippen LogP contribution is -2.42. The molecule has 1 amide bonds. The molecule has 0 aliphatic carbocycles. The van der Waals surface area contributed by atoms with Crippen LogP contribution in [0.25, 0.3) is 0 Å². The molecule has 0 aromatic heterocycles. The Balaban J connectivity index is 2.19. The Morgan fingerprint density at radius 2 is 1.65 bits per heavy atom. The predicted octanol–water partition coefficient (Wildman–Crippen LogP) is 1.12. The van der Waals surface area contributed by atoms with Gasteiger partial charge in [0.2, 0.25) is 0 Å². The van der Waals surface area contributed by atoms with Crippen molar-refractivity contribution in [2.75, 3.05) is 6.61 Å². The van der Waals surface area contributed by atoms with E-state index in [0.717, 1.165) is 0 Å². The van der Waals surface area contributed by atoms with Crippen LogP contribution < -0.4 is 5.32 Å². The van der Waals surface area contributed by atoms with Gasteiger partial charge < -0.3 is 20.6 Å². The van der Waals surface area contributed by atoms with Gasteiger partial charge >= 0.3 is 5.97 Å². The van der Waals surface area contributed by atoms with Gasteiger partial charge in [0.25, 0.3) is 11.6 Å². The zero-order chi connectivity index (χ0) is 19.3. The van der Waals surface area contributed by atoms with E-state index in [9.17, 15) is 29.9 Å². The number of amides is 1. The van der Waals surface area contributed by atoms with Crippen LogP contribution in [0, 0.1) is 10.1 Å². The molecule has 0 spiro atoms. The van der Waals surface area contributed by atoms with Crippen LogP contribution in [0.1, 0.15) is 32.4 Å². The molecule has 0 aliphatic rings. The van der Waals surface area contributed by atoms with E-state index in [2.05, 4.69) is 5.32 Å². The second-order valence-electron chi connectivity index (χ2n) is 5.41. The molecule has 0 fully saturated rings. The van der Waals surface area contributed by atoms with Crippen LogP contribution in [0.4, 0.5) is 5.69 Å². The van der Waals surface area contributed by atoms with Crippen molar-refractivity contribution in [3.05, 3.63) is 75.3 Å². The average molecular weight is 360 g/mol. The number of hydrogen-bond acceptors (Lipinski definition) is 6. The highest BCUT2D eigenvalue weighted by Crippen LogP contribution is 2.21. The highest BCUT2D eigenvalue weighted by Gasteiger charge is 2.25. The zero-order valence-electron chi connectivity index (χ0n) is 13.4. The normalized spacial score (nSPS) is 12.8. The number of carbonyl (C=O) groups excluding carboxylic acids is 1. The third kappa shape index (κ3) is 4.21. The van der Waals surface area contributed by atoms with Gasteiger partial charge in [0.1, 0.15) is 6.10 Å². The smallest absolute Gasteiger partial charge is 0.336 e. The number of carboxylic acids is 1. The Morgan fingerprint density at radius 3 is 2.15 bits per heavy atom. The minimum atomic E-state index is -1.35. The van der Waals surface area contributed by atoms with Crippen LogP contribution in [-0.4, -0.2) is 44.8 Å².